The van der Waals surface area contributed by atoms with Crippen molar-refractivity contribution in [2.75, 3.05) is 6.54 Å². The molecule has 3 nitrogen and oxygen atoms in total. The summed E-state index contributed by atoms with van der Waals surface area (Å²) in [6.07, 6.45) is 6.05. The van der Waals surface area contributed by atoms with Crippen molar-refractivity contribution in [3.63, 3.8) is 0 Å². The molecule has 0 bridgehead atoms. The van der Waals surface area contributed by atoms with E-state index in [0.29, 0.717) is 11.2 Å². The molecule has 0 amide bonds. The third-order valence-corrected chi connectivity index (χ3v) is 3.21. The van der Waals surface area contributed by atoms with Crippen LogP contribution in [0.15, 0.2) is 17.7 Å². The third-order valence-electron chi connectivity index (χ3n) is 2.17. The Labute approximate surface area is 104 Å². The standard InChI is InChI=1S/C11H14ClN3S/c1-8(2)13-5-3-4-9-10(12)14-11-15(9)6-7-16-11/h3-4,6-8,13H,5H2,1-2H3. The van der Waals surface area contributed by atoms with Crippen LogP contribution in [0.1, 0.15) is 19.5 Å². The van der Waals surface area contributed by atoms with E-state index in [1.807, 2.05) is 22.1 Å². The molecule has 0 aliphatic heterocycles. The first kappa shape index (κ1) is 11.6. The quantitative estimate of drug-likeness (QED) is 0.910. The largest absolute Gasteiger partial charge is 0.311 e. The molecule has 0 aliphatic carbocycles. The molecule has 0 saturated heterocycles. The maximum absolute atomic E-state index is 6.05. The molecule has 0 saturated carbocycles. The highest BCUT2D eigenvalue weighted by Crippen LogP contribution is 2.22. The van der Waals surface area contributed by atoms with Gasteiger partial charge in [-0.3, -0.25) is 4.40 Å². The van der Waals surface area contributed by atoms with Crippen LogP contribution in [0.4, 0.5) is 0 Å². The number of rotatable bonds is 4. The average Bonchev–Trinajstić information content (AvgIpc) is 2.74. The van der Waals surface area contributed by atoms with Gasteiger partial charge < -0.3 is 5.32 Å². The molecular formula is C11H14ClN3S. The monoisotopic (exact) mass is 255 g/mol. The Morgan fingerprint density at radius 1 is 1.62 bits per heavy atom. The van der Waals surface area contributed by atoms with E-state index in [1.165, 1.54) is 0 Å². The second-order valence-electron chi connectivity index (χ2n) is 3.81. The number of halogens is 1. The highest BCUT2D eigenvalue weighted by atomic mass is 35.5. The van der Waals surface area contributed by atoms with Gasteiger partial charge in [0.25, 0.3) is 0 Å². The van der Waals surface area contributed by atoms with Crippen LogP contribution in [-0.2, 0) is 0 Å². The molecule has 5 heteroatoms. The first-order chi connectivity index (χ1) is 7.68. The smallest absolute Gasteiger partial charge is 0.195 e. The number of aromatic nitrogens is 2. The second-order valence-corrected chi connectivity index (χ2v) is 5.04. The van der Waals surface area contributed by atoms with Gasteiger partial charge in [-0.05, 0) is 6.08 Å². The number of nitrogens with zero attached hydrogens (tertiary/aromatic N) is 2. The molecule has 0 fully saturated rings. The summed E-state index contributed by atoms with van der Waals surface area (Å²) in [5.74, 6) is 0. The minimum atomic E-state index is 0.492. The minimum absolute atomic E-state index is 0.492. The average molecular weight is 256 g/mol. The molecule has 86 valence electrons. The summed E-state index contributed by atoms with van der Waals surface area (Å²) >= 11 is 7.64. The van der Waals surface area contributed by atoms with Gasteiger partial charge in [-0.25, -0.2) is 4.98 Å². The van der Waals surface area contributed by atoms with Gasteiger partial charge in [-0.2, -0.15) is 0 Å². The number of hydrogen-bond acceptors (Lipinski definition) is 3. The number of fused-ring (bicyclic) bond motifs is 1. The van der Waals surface area contributed by atoms with Gasteiger partial charge in [0.15, 0.2) is 10.1 Å². The maximum atomic E-state index is 6.05. The summed E-state index contributed by atoms with van der Waals surface area (Å²) < 4.78 is 2.00. The second kappa shape index (κ2) is 4.99. The molecule has 0 atom stereocenters. The third kappa shape index (κ3) is 2.45. The zero-order valence-corrected chi connectivity index (χ0v) is 10.8. The minimum Gasteiger partial charge on any atom is -0.311 e. The van der Waals surface area contributed by atoms with Crippen LogP contribution >= 0.6 is 22.9 Å². The van der Waals surface area contributed by atoms with Crippen molar-refractivity contribution in [1.82, 2.24) is 14.7 Å². The molecule has 1 N–H and O–H groups in total. The predicted molar refractivity (Wildman–Crippen MR) is 70.3 cm³/mol. The van der Waals surface area contributed by atoms with Crippen LogP contribution in [0.3, 0.4) is 0 Å². The van der Waals surface area contributed by atoms with Gasteiger partial charge in [0.2, 0.25) is 0 Å². The highest BCUT2D eigenvalue weighted by molar-refractivity contribution is 7.15. The lowest BCUT2D eigenvalue weighted by Crippen LogP contribution is -2.22. The number of imidazole rings is 1. The Balaban J connectivity index is 2.13. The molecule has 2 heterocycles. The Morgan fingerprint density at radius 2 is 2.44 bits per heavy atom. The zero-order chi connectivity index (χ0) is 11.5. The van der Waals surface area contributed by atoms with E-state index < -0.39 is 0 Å². The van der Waals surface area contributed by atoms with E-state index >= 15 is 0 Å². The molecule has 0 aliphatic rings. The van der Waals surface area contributed by atoms with Crippen molar-refractivity contribution in [2.45, 2.75) is 19.9 Å². The fourth-order valence-electron chi connectivity index (χ4n) is 1.40. The maximum Gasteiger partial charge on any atom is 0.195 e. The fourth-order valence-corrected chi connectivity index (χ4v) is 2.41. The van der Waals surface area contributed by atoms with Crippen molar-refractivity contribution in [1.29, 1.82) is 0 Å². The molecule has 2 rings (SSSR count). The van der Waals surface area contributed by atoms with Gasteiger partial charge >= 0.3 is 0 Å². The van der Waals surface area contributed by atoms with Gasteiger partial charge in [-0.15, -0.1) is 11.3 Å². The Hall–Kier alpha value is -0.840. The summed E-state index contributed by atoms with van der Waals surface area (Å²) in [7, 11) is 0. The molecule has 0 radical (unpaired) electrons. The van der Waals surface area contributed by atoms with Gasteiger partial charge in [-0.1, -0.05) is 31.5 Å². The molecule has 2 aromatic rings. The normalized spacial score (nSPS) is 12.2. The van der Waals surface area contributed by atoms with E-state index in [0.717, 1.165) is 17.2 Å². The van der Waals surface area contributed by atoms with Crippen molar-refractivity contribution >= 4 is 34.0 Å². The number of nitrogens with one attached hydrogen (secondary N) is 1. The highest BCUT2D eigenvalue weighted by Gasteiger charge is 2.07. The molecular weight excluding hydrogens is 242 g/mol. The van der Waals surface area contributed by atoms with Crippen LogP contribution < -0.4 is 5.32 Å². The van der Waals surface area contributed by atoms with Crippen LogP contribution in [0.25, 0.3) is 11.0 Å². The number of thiazole rings is 1. The lowest BCUT2D eigenvalue weighted by atomic mass is 10.3. The van der Waals surface area contributed by atoms with Crippen LogP contribution in [-0.4, -0.2) is 22.0 Å². The summed E-state index contributed by atoms with van der Waals surface area (Å²) in [5.41, 5.74) is 0.948. The lowest BCUT2D eigenvalue weighted by Gasteiger charge is -2.03. The topological polar surface area (TPSA) is 29.3 Å². The van der Waals surface area contributed by atoms with Crippen LogP contribution in [0.5, 0.6) is 0 Å². The van der Waals surface area contributed by atoms with Crippen molar-refractivity contribution in [2.24, 2.45) is 0 Å². The van der Waals surface area contributed by atoms with Gasteiger partial charge in [0.05, 0.1) is 5.69 Å². The van der Waals surface area contributed by atoms with Crippen LogP contribution in [0, 0.1) is 0 Å². The number of hydrogen-bond donors (Lipinski definition) is 1. The van der Waals surface area contributed by atoms with Crippen molar-refractivity contribution < 1.29 is 0 Å². The predicted octanol–water partition coefficient (Wildman–Crippen LogP) is 3.06. The van der Waals surface area contributed by atoms with Crippen LogP contribution in [0.2, 0.25) is 5.15 Å². The first-order valence-corrected chi connectivity index (χ1v) is 6.45. The zero-order valence-electron chi connectivity index (χ0n) is 9.27. The summed E-state index contributed by atoms with van der Waals surface area (Å²) in [6, 6.07) is 0.492. The lowest BCUT2D eigenvalue weighted by molar-refractivity contribution is 0.633. The summed E-state index contributed by atoms with van der Waals surface area (Å²) in [6.45, 7) is 5.08. The van der Waals surface area contributed by atoms with E-state index in [4.69, 9.17) is 11.6 Å². The van der Waals surface area contributed by atoms with Crippen molar-refractivity contribution in [3.8, 4) is 0 Å². The Morgan fingerprint density at radius 3 is 3.19 bits per heavy atom. The molecule has 2 aromatic heterocycles. The van der Waals surface area contributed by atoms with Gasteiger partial charge in [0.1, 0.15) is 0 Å². The fraction of sp³-hybridized carbons (Fsp3) is 0.364. The molecule has 0 aromatic carbocycles. The van der Waals surface area contributed by atoms with Gasteiger partial charge in [0, 0.05) is 24.2 Å². The SMILES string of the molecule is CC(C)NCC=Cc1c(Cl)nc2sccn12. The molecule has 0 spiro atoms. The van der Waals surface area contributed by atoms with Crippen molar-refractivity contribution in [3.05, 3.63) is 28.5 Å². The van der Waals surface area contributed by atoms with E-state index in [9.17, 15) is 0 Å². The van der Waals surface area contributed by atoms with E-state index in [-0.39, 0.29) is 0 Å². The first-order valence-electron chi connectivity index (χ1n) is 5.19. The van der Waals surface area contributed by atoms with E-state index in [2.05, 4.69) is 30.2 Å². The Kier molecular flexibility index (Phi) is 3.63. The molecule has 16 heavy (non-hydrogen) atoms. The Bertz CT molecular complexity index is 498. The van der Waals surface area contributed by atoms with E-state index in [1.54, 1.807) is 11.3 Å². The molecule has 0 unspecified atom stereocenters. The summed E-state index contributed by atoms with van der Waals surface area (Å²) in [5, 5.41) is 5.88. The summed E-state index contributed by atoms with van der Waals surface area (Å²) in [4.78, 5) is 5.19.